The lowest BCUT2D eigenvalue weighted by Gasteiger charge is -2.27. The monoisotopic (exact) mass is 222 g/mol. The van der Waals surface area contributed by atoms with E-state index >= 15 is 0 Å². The summed E-state index contributed by atoms with van der Waals surface area (Å²) in [4.78, 5) is 12.6. The van der Waals surface area contributed by atoms with Crippen LogP contribution in [-0.2, 0) is 0 Å². The third-order valence-corrected chi connectivity index (χ3v) is 2.81. The molecule has 1 aromatic heterocycles. The molecule has 0 saturated carbocycles. The molecule has 1 aromatic rings. The predicted molar refractivity (Wildman–Crippen MR) is 62.3 cm³/mol. The van der Waals surface area contributed by atoms with Gasteiger partial charge in [0.25, 0.3) is 0 Å². The van der Waals surface area contributed by atoms with Gasteiger partial charge in [0, 0.05) is 31.5 Å². The van der Waals surface area contributed by atoms with Crippen molar-refractivity contribution in [3.05, 3.63) is 18.6 Å². The molecular formula is C11H18N4O. The molecule has 1 aliphatic heterocycles. The lowest BCUT2D eigenvalue weighted by molar-refractivity contribution is 0.191. The van der Waals surface area contributed by atoms with Crippen LogP contribution < -0.4 is 4.90 Å². The summed E-state index contributed by atoms with van der Waals surface area (Å²) in [5.74, 6) is 0.853. The number of hydrogen-bond donors (Lipinski definition) is 1. The van der Waals surface area contributed by atoms with Crippen LogP contribution in [0.2, 0.25) is 0 Å². The van der Waals surface area contributed by atoms with Crippen molar-refractivity contribution in [2.24, 2.45) is 0 Å². The van der Waals surface area contributed by atoms with Crippen LogP contribution in [0.25, 0.3) is 0 Å². The Kier molecular flexibility index (Phi) is 3.36. The number of likely N-dealkylation sites (N-methyl/N-ethyl adjacent to an activating group) is 1. The summed E-state index contributed by atoms with van der Waals surface area (Å²) in [5, 5.41) is 9.74. The molecule has 2 rings (SSSR count). The Balaban J connectivity index is 2.12. The number of aliphatic hydroxyl groups is 1. The van der Waals surface area contributed by atoms with Gasteiger partial charge in [-0.25, -0.2) is 4.98 Å². The minimum atomic E-state index is -0.257. The molecule has 1 saturated heterocycles. The highest BCUT2D eigenvalue weighted by molar-refractivity contribution is 5.39. The highest BCUT2D eigenvalue weighted by Gasteiger charge is 2.31. The molecule has 5 heteroatoms. The van der Waals surface area contributed by atoms with Crippen molar-refractivity contribution in [2.75, 3.05) is 32.1 Å². The molecule has 0 radical (unpaired) electrons. The predicted octanol–water partition coefficient (Wildman–Crippen LogP) is -0.0222. The van der Waals surface area contributed by atoms with Crippen LogP contribution in [0.5, 0.6) is 0 Å². The van der Waals surface area contributed by atoms with Crippen molar-refractivity contribution in [2.45, 2.75) is 18.6 Å². The maximum Gasteiger partial charge on any atom is 0.147 e. The summed E-state index contributed by atoms with van der Waals surface area (Å²) in [6.07, 6.45) is 5.64. The molecule has 5 nitrogen and oxygen atoms in total. The van der Waals surface area contributed by atoms with Crippen LogP contribution >= 0.6 is 0 Å². The summed E-state index contributed by atoms with van der Waals surface area (Å²) in [6, 6.07) is 0.321. The second-order valence-electron chi connectivity index (χ2n) is 4.52. The summed E-state index contributed by atoms with van der Waals surface area (Å²) < 4.78 is 0. The molecule has 88 valence electrons. The van der Waals surface area contributed by atoms with E-state index in [2.05, 4.69) is 19.8 Å². The third-order valence-electron chi connectivity index (χ3n) is 2.81. The van der Waals surface area contributed by atoms with E-state index < -0.39 is 0 Å². The van der Waals surface area contributed by atoms with Crippen molar-refractivity contribution in [3.63, 3.8) is 0 Å². The quantitative estimate of drug-likeness (QED) is 0.779. The van der Waals surface area contributed by atoms with Gasteiger partial charge in [-0.1, -0.05) is 0 Å². The smallest absolute Gasteiger partial charge is 0.147 e. The molecule has 16 heavy (non-hydrogen) atoms. The van der Waals surface area contributed by atoms with Gasteiger partial charge in [0.05, 0.1) is 12.3 Å². The van der Waals surface area contributed by atoms with E-state index in [1.807, 2.05) is 14.1 Å². The molecule has 1 fully saturated rings. The van der Waals surface area contributed by atoms with E-state index in [1.54, 1.807) is 18.6 Å². The highest BCUT2D eigenvalue weighted by atomic mass is 16.3. The van der Waals surface area contributed by atoms with Gasteiger partial charge in [-0.15, -0.1) is 0 Å². The third kappa shape index (κ3) is 2.48. The fraction of sp³-hybridized carbons (Fsp3) is 0.636. The maximum atomic E-state index is 9.74. The first-order chi connectivity index (χ1) is 7.66. The van der Waals surface area contributed by atoms with Gasteiger partial charge < -0.3 is 14.9 Å². The molecule has 2 unspecified atom stereocenters. The average molecular weight is 222 g/mol. The van der Waals surface area contributed by atoms with Crippen molar-refractivity contribution in [1.29, 1.82) is 0 Å². The summed E-state index contributed by atoms with van der Waals surface area (Å²) >= 11 is 0. The molecule has 2 atom stereocenters. The van der Waals surface area contributed by atoms with Crippen LogP contribution in [0, 0.1) is 0 Å². The van der Waals surface area contributed by atoms with Crippen LogP contribution in [0.15, 0.2) is 18.6 Å². The number of anilines is 1. The molecule has 0 aliphatic carbocycles. The Hall–Kier alpha value is -1.20. The zero-order chi connectivity index (χ0) is 11.5. The topological polar surface area (TPSA) is 52.5 Å². The van der Waals surface area contributed by atoms with Gasteiger partial charge in [-0.2, -0.15) is 0 Å². The summed E-state index contributed by atoms with van der Waals surface area (Å²) in [6.45, 7) is 1.57. The Morgan fingerprint density at radius 3 is 2.94 bits per heavy atom. The molecule has 0 spiro atoms. The second-order valence-corrected chi connectivity index (χ2v) is 4.52. The first-order valence-electron chi connectivity index (χ1n) is 5.52. The standard InChI is InChI=1S/C11H18N4O/c1-14(2)7-9-5-10(16)8-15(9)11-6-12-3-4-13-11/h3-4,6,9-10,16H,5,7-8H2,1-2H3. The van der Waals surface area contributed by atoms with E-state index in [9.17, 15) is 5.11 Å². The van der Waals surface area contributed by atoms with Crippen LogP contribution in [0.3, 0.4) is 0 Å². The van der Waals surface area contributed by atoms with Gasteiger partial charge in [-0.05, 0) is 20.5 Å². The summed E-state index contributed by atoms with van der Waals surface area (Å²) in [5.41, 5.74) is 0. The van der Waals surface area contributed by atoms with Crippen LogP contribution in [0.1, 0.15) is 6.42 Å². The fourth-order valence-corrected chi connectivity index (χ4v) is 2.21. The van der Waals surface area contributed by atoms with Crippen molar-refractivity contribution >= 4 is 5.82 Å². The number of β-amino-alcohol motifs (C(OH)–C–C–N with tert-alkyl or cyclic N) is 1. The van der Waals surface area contributed by atoms with E-state index in [4.69, 9.17) is 0 Å². The molecule has 0 aromatic carbocycles. The van der Waals surface area contributed by atoms with Crippen LogP contribution in [0.4, 0.5) is 5.82 Å². The number of nitrogens with zero attached hydrogens (tertiary/aromatic N) is 4. The zero-order valence-corrected chi connectivity index (χ0v) is 9.74. The van der Waals surface area contributed by atoms with E-state index in [1.165, 1.54) is 0 Å². The van der Waals surface area contributed by atoms with Gasteiger partial charge in [0.15, 0.2) is 0 Å². The highest BCUT2D eigenvalue weighted by Crippen LogP contribution is 2.23. The van der Waals surface area contributed by atoms with E-state index in [0.29, 0.717) is 12.6 Å². The molecule has 0 amide bonds. The Labute approximate surface area is 95.7 Å². The number of aromatic nitrogens is 2. The van der Waals surface area contributed by atoms with E-state index in [-0.39, 0.29) is 6.10 Å². The molecule has 1 N–H and O–H groups in total. The zero-order valence-electron chi connectivity index (χ0n) is 9.74. The number of aliphatic hydroxyl groups excluding tert-OH is 1. The van der Waals surface area contributed by atoms with E-state index in [0.717, 1.165) is 18.8 Å². The van der Waals surface area contributed by atoms with Gasteiger partial charge in [0.2, 0.25) is 0 Å². The normalized spacial score (nSPS) is 25.4. The van der Waals surface area contributed by atoms with Crippen molar-refractivity contribution < 1.29 is 5.11 Å². The number of hydrogen-bond acceptors (Lipinski definition) is 5. The van der Waals surface area contributed by atoms with Crippen LogP contribution in [-0.4, -0.2) is 59.3 Å². The minimum absolute atomic E-state index is 0.257. The van der Waals surface area contributed by atoms with Crippen molar-refractivity contribution in [3.8, 4) is 0 Å². The lowest BCUT2D eigenvalue weighted by Crippen LogP contribution is -2.38. The molecule has 2 heterocycles. The number of rotatable bonds is 3. The summed E-state index contributed by atoms with van der Waals surface area (Å²) in [7, 11) is 4.08. The minimum Gasteiger partial charge on any atom is -0.391 e. The molecule has 1 aliphatic rings. The van der Waals surface area contributed by atoms with Gasteiger partial charge in [-0.3, -0.25) is 4.98 Å². The first kappa shape index (κ1) is 11.3. The molecule has 0 bridgehead atoms. The first-order valence-corrected chi connectivity index (χ1v) is 5.52. The fourth-order valence-electron chi connectivity index (χ4n) is 2.21. The van der Waals surface area contributed by atoms with Crippen molar-refractivity contribution in [1.82, 2.24) is 14.9 Å². The Morgan fingerprint density at radius 1 is 1.50 bits per heavy atom. The maximum absolute atomic E-state index is 9.74. The van der Waals surface area contributed by atoms with Gasteiger partial charge >= 0.3 is 0 Å². The SMILES string of the molecule is CN(C)CC1CC(O)CN1c1cnccn1. The Morgan fingerprint density at radius 2 is 2.31 bits per heavy atom. The Bertz CT molecular complexity index is 330. The molecular weight excluding hydrogens is 204 g/mol. The second kappa shape index (κ2) is 4.76. The van der Waals surface area contributed by atoms with Gasteiger partial charge in [0.1, 0.15) is 5.82 Å². The largest absolute Gasteiger partial charge is 0.391 e. The average Bonchev–Trinajstić information content (AvgIpc) is 2.60. The lowest BCUT2D eigenvalue weighted by atomic mass is 10.2.